The number of hydrogen-bond donors (Lipinski definition) is 1. The number of rotatable bonds is 7. The number of carbonyl (C=O) groups is 1. The molecule has 0 atom stereocenters. The molecule has 0 aliphatic carbocycles. The van der Waals surface area contributed by atoms with Gasteiger partial charge in [0.15, 0.2) is 0 Å². The van der Waals surface area contributed by atoms with Gasteiger partial charge in [-0.1, -0.05) is 12.1 Å². The highest BCUT2D eigenvalue weighted by Gasteiger charge is 2.27. The average Bonchev–Trinajstić information content (AvgIpc) is 2.74. The number of piperazine rings is 1. The minimum atomic E-state index is -3.43. The molecular weight excluding hydrogens is 380 g/mol. The number of ether oxygens (including phenoxy) is 1. The summed E-state index contributed by atoms with van der Waals surface area (Å²) in [6, 6.07) is 12.4. The first kappa shape index (κ1) is 20.1. The predicted molar refractivity (Wildman–Crippen MR) is 107 cm³/mol. The van der Waals surface area contributed by atoms with Gasteiger partial charge in [-0.2, -0.15) is 4.31 Å². The van der Waals surface area contributed by atoms with Crippen LogP contribution in [0, 0.1) is 0 Å². The molecule has 8 nitrogen and oxygen atoms in total. The van der Waals surface area contributed by atoms with Gasteiger partial charge in [0.1, 0.15) is 11.6 Å². The number of hydrogen-bond acceptors (Lipinski definition) is 6. The first-order valence-electron chi connectivity index (χ1n) is 9.05. The zero-order valence-electron chi connectivity index (χ0n) is 15.7. The van der Waals surface area contributed by atoms with Crippen LogP contribution in [0.3, 0.4) is 0 Å². The molecule has 1 amide bonds. The van der Waals surface area contributed by atoms with Crippen molar-refractivity contribution >= 4 is 21.7 Å². The SMILES string of the molecule is COc1cccc(C(=O)NCCS(=O)(=O)N2CCN(c3ccccn3)CC2)c1. The van der Waals surface area contributed by atoms with Gasteiger partial charge in [-0.15, -0.1) is 0 Å². The Bertz CT molecular complexity index is 897. The Labute approximate surface area is 165 Å². The number of aromatic nitrogens is 1. The third kappa shape index (κ3) is 4.99. The topological polar surface area (TPSA) is 91.8 Å². The summed E-state index contributed by atoms with van der Waals surface area (Å²) in [4.78, 5) is 18.6. The minimum absolute atomic E-state index is 0.0544. The molecule has 1 N–H and O–H groups in total. The summed E-state index contributed by atoms with van der Waals surface area (Å²) in [6.07, 6.45) is 1.73. The number of pyridine rings is 1. The minimum Gasteiger partial charge on any atom is -0.497 e. The molecular formula is C19H24N4O4S. The van der Waals surface area contributed by atoms with Gasteiger partial charge < -0.3 is 15.0 Å². The van der Waals surface area contributed by atoms with Gasteiger partial charge in [-0.05, 0) is 30.3 Å². The molecule has 1 aliphatic rings. The quantitative estimate of drug-likeness (QED) is 0.739. The van der Waals surface area contributed by atoms with Gasteiger partial charge in [0.25, 0.3) is 5.91 Å². The second-order valence-electron chi connectivity index (χ2n) is 6.38. The van der Waals surface area contributed by atoms with Crippen LogP contribution in [0.5, 0.6) is 5.75 Å². The Hall–Kier alpha value is -2.65. The lowest BCUT2D eigenvalue weighted by molar-refractivity contribution is 0.0955. The van der Waals surface area contributed by atoms with E-state index in [4.69, 9.17) is 4.74 Å². The fourth-order valence-corrected chi connectivity index (χ4v) is 4.36. The number of amides is 1. The molecule has 1 saturated heterocycles. The van der Waals surface area contributed by atoms with E-state index in [2.05, 4.69) is 15.2 Å². The molecule has 0 unspecified atom stereocenters. The number of carbonyl (C=O) groups excluding carboxylic acids is 1. The second kappa shape index (κ2) is 9.03. The fraction of sp³-hybridized carbons (Fsp3) is 0.368. The van der Waals surface area contributed by atoms with E-state index < -0.39 is 10.0 Å². The van der Waals surface area contributed by atoms with E-state index in [-0.39, 0.29) is 18.2 Å². The Kier molecular flexibility index (Phi) is 6.48. The molecule has 1 aliphatic heterocycles. The van der Waals surface area contributed by atoms with Crippen molar-refractivity contribution in [2.24, 2.45) is 0 Å². The van der Waals surface area contributed by atoms with Gasteiger partial charge in [-0.25, -0.2) is 13.4 Å². The number of anilines is 1. The third-order valence-electron chi connectivity index (χ3n) is 4.58. The number of nitrogens with one attached hydrogen (secondary N) is 1. The van der Waals surface area contributed by atoms with Crippen LogP contribution in [0.25, 0.3) is 0 Å². The molecule has 150 valence electrons. The van der Waals surface area contributed by atoms with Crippen LogP contribution in [-0.2, 0) is 10.0 Å². The van der Waals surface area contributed by atoms with Crippen molar-refractivity contribution in [1.82, 2.24) is 14.6 Å². The Morgan fingerprint density at radius 2 is 1.93 bits per heavy atom. The summed E-state index contributed by atoms with van der Waals surface area (Å²) < 4.78 is 31.7. The van der Waals surface area contributed by atoms with Crippen molar-refractivity contribution in [2.45, 2.75) is 0 Å². The summed E-state index contributed by atoms with van der Waals surface area (Å²) in [7, 11) is -1.91. The van der Waals surface area contributed by atoms with E-state index in [0.717, 1.165) is 5.82 Å². The van der Waals surface area contributed by atoms with Gasteiger partial charge in [0, 0.05) is 44.5 Å². The molecule has 1 aromatic carbocycles. The second-order valence-corrected chi connectivity index (χ2v) is 8.47. The van der Waals surface area contributed by atoms with Gasteiger partial charge >= 0.3 is 0 Å². The largest absolute Gasteiger partial charge is 0.497 e. The lowest BCUT2D eigenvalue weighted by atomic mass is 10.2. The van der Waals surface area contributed by atoms with E-state index in [1.165, 1.54) is 11.4 Å². The molecule has 0 saturated carbocycles. The van der Waals surface area contributed by atoms with Gasteiger partial charge in [0.2, 0.25) is 10.0 Å². The molecule has 2 heterocycles. The highest BCUT2D eigenvalue weighted by Crippen LogP contribution is 2.15. The number of methoxy groups -OCH3 is 1. The van der Waals surface area contributed by atoms with Crippen LogP contribution < -0.4 is 15.0 Å². The smallest absolute Gasteiger partial charge is 0.251 e. The summed E-state index contributed by atoms with van der Waals surface area (Å²) in [5, 5.41) is 2.66. The van der Waals surface area contributed by atoms with E-state index in [9.17, 15) is 13.2 Å². The molecule has 2 aromatic rings. The van der Waals surface area contributed by atoms with Crippen molar-refractivity contribution in [3.05, 3.63) is 54.2 Å². The lowest BCUT2D eigenvalue weighted by Crippen LogP contribution is -2.50. The normalized spacial score (nSPS) is 15.2. The van der Waals surface area contributed by atoms with E-state index in [1.54, 1.807) is 30.5 Å². The van der Waals surface area contributed by atoms with Crippen molar-refractivity contribution in [3.63, 3.8) is 0 Å². The van der Waals surface area contributed by atoms with Crippen LogP contribution in [-0.4, -0.2) is 69.2 Å². The lowest BCUT2D eigenvalue weighted by Gasteiger charge is -2.34. The maximum absolute atomic E-state index is 12.6. The maximum atomic E-state index is 12.6. The highest BCUT2D eigenvalue weighted by atomic mass is 32.2. The average molecular weight is 404 g/mol. The zero-order valence-corrected chi connectivity index (χ0v) is 16.6. The van der Waals surface area contributed by atoms with E-state index >= 15 is 0 Å². The Morgan fingerprint density at radius 1 is 1.14 bits per heavy atom. The van der Waals surface area contributed by atoms with Crippen LogP contribution >= 0.6 is 0 Å². The monoisotopic (exact) mass is 404 g/mol. The van der Waals surface area contributed by atoms with Crippen molar-refractivity contribution in [1.29, 1.82) is 0 Å². The molecule has 3 rings (SSSR count). The summed E-state index contributed by atoms with van der Waals surface area (Å²) in [6.45, 7) is 2.04. The maximum Gasteiger partial charge on any atom is 0.251 e. The van der Waals surface area contributed by atoms with E-state index in [0.29, 0.717) is 37.5 Å². The molecule has 0 spiro atoms. The predicted octanol–water partition coefficient (Wildman–Crippen LogP) is 0.972. The molecule has 0 radical (unpaired) electrons. The zero-order chi connectivity index (χ0) is 20.0. The number of sulfonamides is 1. The van der Waals surface area contributed by atoms with E-state index in [1.807, 2.05) is 18.2 Å². The molecule has 0 bridgehead atoms. The molecule has 9 heteroatoms. The highest BCUT2D eigenvalue weighted by molar-refractivity contribution is 7.89. The van der Waals surface area contributed by atoms with Gasteiger partial charge in [-0.3, -0.25) is 4.79 Å². The summed E-state index contributed by atoms with van der Waals surface area (Å²) in [5.74, 6) is 0.969. The third-order valence-corrected chi connectivity index (χ3v) is 6.45. The fourth-order valence-electron chi connectivity index (χ4n) is 3.03. The van der Waals surface area contributed by atoms with Crippen LogP contribution in [0.15, 0.2) is 48.7 Å². The van der Waals surface area contributed by atoms with Crippen LogP contribution in [0.4, 0.5) is 5.82 Å². The summed E-state index contributed by atoms with van der Waals surface area (Å²) in [5.41, 5.74) is 0.431. The number of benzene rings is 1. The molecule has 28 heavy (non-hydrogen) atoms. The Balaban J connectivity index is 1.48. The summed E-state index contributed by atoms with van der Waals surface area (Å²) >= 11 is 0. The molecule has 1 aromatic heterocycles. The van der Waals surface area contributed by atoms with Crippen LogP contribution in [0.2, 0.25) is 0 Å². The van der Waals surface area contributed by atoms with Crippen LogP contribution in [0.1, 0.15) is 10.4 Å². The standard InChI is InChI=1S/C19H24N4O4S/c1-27-17-6-4-5-16(15-17)19(24)21-9-14-28(25,26)23-12-10-22(11-13-23)18-7-2-3-8-20-18/h2-8,15H,9-14H2,1H3,(H,21,24). The number of nitrogens with zero attached hydrogens (tertiary/aromatic N) is 3. The van der Waals surface area contributed by atoms with Crippen molar-refractivity contribution in [3.8, 4) is 5.75 Å². The van der Waals surface area contributed by atoms with Crippen molar-refractivity contribution in [2.75, 3.05) is 50.5 Å². The first-order valence-corrected chi connectivity index (χ1v) is 10.7. The first-order chi connectivity index (χ1) is 13.5. The Morgan fingerprint density at radius 3 is 2.61 bits per heavy atom. The molecule has 1 fully saturated rings. The van der Waals surface area contributed by atoms with Gasteiger partial charge in [0.05, 0.1) is 12.9 Å². The van der Waals surface area contributed by atoms with Crippen molar-refractivity contribution < 1.29 is 17.9 Å².